The van der Waals surface area contributed by atoms with E-state index in [9.17, 15) is 4.79 Å². The van der Waals surface area contributed by atoms with Crippen LogP contribution in [-0.4, -0.2) is 29.6 Å². The Bertz CT molecular complexity index is 455. The van der Waals surface area contributed by atoms with E-state index in [1.807, 2.05) is 6.07 Å². The fourth-order valence-corrected chi connectivity index (χ4v) is 3.41. The molecule has 2 aliphatic rings. The minimum absolute atomic E-state index is 0.241. The molecule has 19 heavy (non-hydrogen) atoms. The molecule has 0 aromatic heterocycles. The van der Waals surface area contributed by atoms with Crippen molar-refractivity contribution in [2.75, 3.05) is 18.8 Å². The van der Waals surface area contributed by atoms with Crippen LogP contribution < -0.4 is 0 Å². The van der Waals surface area contributed by atoms with Crippen LogP contribution in [0.3, 0.4) is 0 Å². The van der Waals surface area contributed by atoms with Crippen LogP contribution in [0.25, 0.3) is 0 Å². The Morgan fingerprint density at radius 1 is 1.32 bits per heavy atom. The van der Waals surface area contributed by atoms with Gasteiger partial charge in [0.05, 0.1) is 0 Å². The zero-order valence-corrected chi connectivity index (χ0v) is 12.1. The van der Waals surface area contributed by atoms with E-state index >= 15 is 0 Å². The fraction of sp³-hybridized carbons (Fsp3) is 0.562. The highest BCUT2D eigenvalue weighted by atomic mass is 32.1. The zero-order valence-electron chi connectivity index (χ0n) is 11.2. The number of benzene rings is 1. The van der Waals surface area contributed by atoms with Gasteiger partial charge in [-0.1, -0.05) is 30.3 Å². The lowest BCUT2D eigenvalue weighted by atomic mass is 9.99. The normalized spacial score (nSPS) is 24.5. The number of amides is 1. The average molecular weight is 275 g/mol. The highest BCUT2D eigenvalue weighted by Gasteiger charge is 2.44. The van der Waals surface area contributed by atoms with Crippen LogP contribution in [0.4, 0.5) is 0 Å². The third kappa shape index (κ3) is 2.81. The van der Waals surface area contributed by atoms with Gasteiger partial charge in [-0.05, 0) is 36.0 Å². The van der Waals surface area contributed by atoms with Gasteiger partial charge in [-0.15, -0.1) is 0 Å². The summed E-state index contributed by atoms with van der Waals surface area (Å²) in [6.07, 6.45) is 4.16. The Balaban J connectivity index is 1.58. The van der Waals surface area contributed by atoms with Crippen LogP contribution in [0.2, 0.25) is 0 Å². The number of likely N-dealkylation sites (tertiary alicyclic amines) is 1. The summed E-state index contributed by atoms with van der Waals surface area (Å²) < 4.78 is 0. The number of rotatable bonds is 4. The van der Waals surface area contributed by atoms with Crippen LogP contribution in [0.5, 0.6) is 0 Å². The van der Waals surface area contributed by atoms with Gasteiger partial charge in [-0.2, -0.15) is 12.6 Å². The molecule has 1 heterocycles. The predicted octanol–water partition coefficient (Wildman–Crippen LogP) is 3.10. The van der Waals surface area contributed by atoms with Crippen molar-refractivity contribution in [1.29, 1.82) is 0 Å². The molecule has 1 saturated carbocycles. The monoisotopic (exact) mass is 275 g/mol. The molecule has 1 amide bonds. The largest absolute Gasteiger partial charge is 0.342 e. The quantitative estimate of drug-likeness (QED) is 0.837. The first-order valence-corrected chi connectivity index (χ1v) is 7.79. The SMILES string of the molecule is O=C(CC1(CS)CC1)N1CCC(c2ccccc2)C1. The lowest BCUT2D eigenvalue weighted by molar-refractivity contribution is -0.131. The molecule has 3 rings (SSSR count). The van der Waals surface area contributed by atoms with Crippen LogP contribution in [-0.2, 0) is 4.79 Å². The maximum Gasteiger partial charge on any atom is 0.223 e. The van der Waals surface area contributed by atoms with Gasteiger partial charge < -0.3 is 4.90 Å². The summed E-state index contributed by atoms with van der Waals surface area (Å²) in [5.41, 5.74) is 1.61. The van der Waals surface area contributed by atoms with Gasteiger partial charge in [-0.3, -0.25) is 4.79 Å². The minimum atomic E-state index is 0.241. The van der Waals surface area contributed by atoms with Crippen LogP contribution in [0.15, 0.2) is 30.3 Å². The van der Waals surface area contributed by atoms with Crippen molar-refractivity contribution in [2.45, 2.75) is 31.6 Å². The first-order chi connectivity index (χ1) is 9.22. The fourth-order valence-electron chi connectivity index (χ4n) is 2.98. The van der Waals surface area contributed by atoms with E-state index in [0.29, 0.717) is 18.2 Å². The van der Waals surface area contributed by atoms with E-state index in [-0.39, 0.29) is 5.41 Å². The number of carbonyl (C=O) groups is 1. The number of hydrogen-bond acceptors (Lipinski definition) is 2. The van der Waals surface area contributed by atoms with Gasteiger partial charge in [0.1, 0.15) is 0 Å². The Morgan fingerprint density at radius 2 is 2.05 bits per heavy atom. The van der Waals surface area contributed by atoms with Crippen LogP contribution in [0, 0.1) is 5.41 Å². The lowest BCUT2D eigenvalue weighted by Gasteiger charge is -2.20. The molecule has 0 N–H and O–H groups in total. The molecule has 0 radical (unpaired) electrons. The summed E-state index contributed by atoms with van der Waals surface area (Å²) in [7, 11) is 0. The van der Waals surface area contributed by atoms with E-state index < -0.39 is 0 Å². The van der Waals surface area contributed by atoms with Gasteiger partial charge >= 0.3 is 0 Å². The van der Waals surface area contributed by atoms with Gasteiger partial charge in [0.15, 0.2) is 0 Å². The maximum atomic E-state index is 12.3. The second-order valence-electron chi connectivity index (χ2n) is 6.07. The van der Waals surface area contributed by atoms with Crippen molar-refractivity contribution in [1.82, 2.24) is 4.90 Å². The maximum absolute atomic E-state index is 12.3. The molecule has 1 saturated heterocycles. The minimum Gasteiger partial charge on any atom is -0.342 e. The van der Waals surface area contributed by atoms with Gasteiger partial charge in [0.2, 0.25) is 5.91 Å². The Morgan fingerprint density at radius 3 is 2.68 bits per heavy atom. The van der Waals surface area contributed by atoms with E-state index in [2.05, 4.69) is 41.8 Å². The van der Waals surface area contributed by atoms with Gasteiger partial charge in [0.25, 0.3) is 0 Å². The lowest BCUT2D eigenvalue weighted by Crippen LogP contribution is -2.30. The Hall–Kier alpha value is -0.960. The highest BCUT2D eigenvalue weighted by molar-refractivity contribution is 7.80. The smallest absolute Gasteiger partial charge is 0.223 e. The standard InChI is InChI=1S/C16H21NOS/c18-15(10-16(12-19)7-8-16)17-9-6-14(11-17)13-4-2-1-3-5-13/h1-5,14,19H,6-12H2. The molecule has 1 aromatic carbocycles. The second-order valence-corrected chi connectivity index (χ2v) is 6.39. The molecule has 1 aliphatic carbocycles. The van der Waals surface area contributed by atoms with E-state index in [1.165, 1.54) is 18.4 Å². The van der Waals surface area contributed by atoms with Crippen molar-refractivity contribution < 1.29 is 4.79 Å². The van der Waals surface area contributed by atoms with Crippen LogP contribution in [0.1, 0.15) is 37.2 Å². The van der Waals surface area contributed by atoms with E-state index in [4.69, 9.17) is 0 Å². The molecule has 0 spiro atoms. The molecule has 1 atom stereocenters. The summed E-state index contributed by atoms with van der Waals surface area (Å²) in [4.78, 5) is 14.4. The molecule has 1 aromatic rings. The number of nitrogens with zero attached hydrogens (tertiary/aromatic N) is 1. The van der Waals surface area contributed by atoms with Gasteiger partial charge in [0, 0.05) is 25.4 Å². The molecule has 1 aliphatic heterocycles. The molecule has 3 heteroatoms. The van der Waals surface area contributed by atoms with Crippen molar-refractivity contribution >= 4 is 18.5 Å². The molecule has 1 unspecified atom stereocenters. The Labute approximate surface area is 120 Å². The summed E-state index contributed by atoms with van der Waals surface area (Å²) in [6.45, 7) is 1.81. The Kier molecular flexibility index (Phi) is 3.57. The van der Waals surface area contributed by atoms with E-state index in [1.54, 1.807) is 0 Å². The first kappa shape index (κ1) is 13.0. The molecule has 102 valence electrons. The van der Waals surface area contributed by atoms with E-state index in [0.717, 1.165) is 25.3 Å². The second kappa shape index (κ2) is 5.20. The number of carbonyl (C=O) groups excluding carboxylic acids is 1. The van der Waals surface area contributed by atoms with Crippen molar-refractivity contribution in [3.63, 3.8) is 0 Å². The van der Waals surface area contributed by atoms with Gasteiger partial charge in [-0.25, -0.2) is 0 Å². The third-order valence-corrected chi connectivity index (χ3v) is 5.30. The topological polar surface area (TPSA) is 20.3 Å². The highest BCUT2D eigenvalue weighted by Crippen LogP contribution is 2.50. The number of thiol groups is 1. The molecule has 2 nitrogen and oxygen atoms in total. The van der Waals surface area contributed by atoms with Crippen molar-refractivity contribution in [3.8, 4) is 0 Å². The summed E-state index contributed by atoms with van der Waals surface area (Å²) in [5.74, 6) is 1.72. The summed E-state index contributed by atoms with van der Waals surface area (Å²) in [5, 5.41) is 0. The number of hydrogen-bond donors (Lipinski definition) is 1. The molecule has 2 fully saturated rings. The van der Waals surface area contributed by atoms with Crippen LogP contribution >= 0.6 is 12.6 Å². The first-order valence-electron chi connectivity index (χ1n) is 7.16. The zero-order chi connectivity index (χ0) is 13.3. The molecular formula is C16H21NOS. The summed E-state index contributed by atoms with van der Waals surface area (Å²) in [6, 6.07) is 10.6. The molecular weight excluding hydrogens is 254 g/mol. The molecule has 0 bridgehead atoms. The van der Waals surface area contributed by atoms with Crippen molar-refractivity contribution in [3.05, 3.63) is 35.9 Å². The third-order valence-electron chi connectivity index (χ3n) is 4.63. The average Bonchev–Trinajstić information content (AvgIpc) is 3.04. The summed E-state index contributed by atoms with van der Waals surface area (Å²) >= 11 is 4.39. The van der Waals surface area contributed by atoms with Crippen molar-refractivity contribution in [2.24, 2.45) is 5.41 Å². The predicted molar refractivity (Wildman–Crippen MR) is 80.5 cm³/mol.